The molecule has 0 radical (unpaired) electrons. The Balaban J connectivity index is 1.46. The molecule has 1 atom stereocenters. The van der Waals surface area contributed by atoms with E-state index < -0.39 is 4.99 Å². The van der Waals surface area contributed by atoms with Crippen LogP contribution in [-0.4, -0.2) is 15.7 Å². The van der Waals surface area contributed by atoms with Gasteiger partial charge in [-0.15, -0.1) is 0 Å². The van der Waals surface area contributed by atoms with E-state index in [1.807, 2.05) is 59.6 Å². The fourth-order valence-corrected chi connectivity index (χ4v) is 7.05. The first-order chi connectivity index (χ1) is 21.5. The summed E-state index contributed by atoms with van der Waals surface area (Å²) in [6.45, 7) is 4.39. The lowest BCUT2D eigenvalue weighted by atomic mass is 9.92. The molecule has 0 aromatic heterocycles. The zero-order chi connectivity index (χ0) is 30.3. The van der Waals surface area contributed by atoms with Gasteiger partial charge in [-0.05, 0) is 59.6 Å². The molecule has 0 saturated carbocycles. The van der Waals surface area contributed by atoms with Crippen LogP contribution < -0.4 is 10.0 Å². The second-order valence-corrected chi connectivity index (χ2v) is 12.1. The summed E-state index contributed by atoms with van der Waals surface area (Å²) in [7, 11) is 0. The number of para-hydroxylation sites is 2. The molecule has 7 rings (SSSR count). The van der Waals surface area contributed by atoms with Crippen LogP contribution in [0.2, 0.25) is 0 Å². The highest BCUT2D eigenvalue weighted by atomic mass is 32.2. The third-order valence-electron chi connectivity index (χ3n) is 7.91. The number of benzene rings is 5. The van der Waals surface area contributed by atoms with Gasteiger partial charge in [0.15, 0.2) is 0 Å². The summed E-state index contributed by atoms with van der Waals surface area (Å²) in [6, 6.07) is 43.9. The molecule has 7 nitrogen and oxygen atoms in total. The van der Waals surface area contributed by atoms with E-state index in [9.17, 15) is 10.1 Å². The molecule has 5 aromatic rings. The highest BCUT2D eigenvalue weighted by Crippen LogP contribution is 2.55. The van der Waals surface area contributed by atoms with E-state index >= 15 is 0 Å². The van der Waals surface area contributed by atoms with E-state index in [1.165, 1.54) is 17.7 Å². The third kappa shape index (κ3) is 4.64. The van der Waals surface area contributed by atoms with Gasteiger partial charge in [-0.25, -0.2) is 10.0 Å². The second kappa shape index (κ2) is 11.1. The maximum absolute atomic E-state index is 11.4. The molecule has 0 aliphatic carbocycles. The van der Waals surface area contributed by atoms with E-state index in [1.54, 1.807) is 23.9 Å². The van der Waals surface area contributed by atoms with Crippen LogP contribution in [0.15, 0.2) is 144 Å². The number of hydrogen-bond acceptors (Lipinski definition) is 7. The zero-order valence-electron chi connectivity index (χ0n) is 24.2. The van der Waals surface area contributed by atoms with Gasteiger partial charge in [0.1, 0.15) is 5.04 Å². The van der Waals surface area contributed by atoms with Crippen molar-refractivity contribution in [3.63, 3.8) is 0 Å². The predicted octanol–water partition coefficient (Wildman–Crippen LogP) is 8.72. The highest BCUT2D eigenvalue weighted by Gasteiger charge is 2.55. The van der Waals surface area contributed by atoms with Crippen molar-refractivity contribution in [2.75, 3.05) is 10.0 Å². The van der Waals surface area contributed by atoms with Crippen molar-refractivity contribution >= 4 is 39.6 Å². The normalized spacial score (nSPS) is 17.4. The average molecular weight is 596 g/mol. The van der Waals surface area contributed by atoms with Crippen LogP contribution >= 0.6 is 11.8 Å². The van der Waals surface area contributed by atoms with Crippen LogP contribution in [0.1, 0.15) is 47.6 Å². The molecular formula is C36H29N5O2S. The SMILES string of the molecule is CC(C)c1ccc(C2=NN(c3ccccc3)[C@@]3(SC(c4ccc([N+](=O)[O-])cc4)=NN3c3ccccc3)c3ccccc32)cc1. The highest BCUT2D eigenvalue weighted by molar-refractivity contribution is 8.15. The molecule has 0 unspecified atom stereocenters. The number of hydrogen-bond donors (Lipinski definition) is 0. The Morgan fingerprint density at radius 3 is 1.82 bits per heavy atom. The summed E-state index contributed by atoms with van der Waals surface area (Å²) in [5, 5.41) is 26.9. The third-order valence-corrected chi connectivity index (χ3v) is 9.28. The van der Waals surface area contributed by atoms with Crippen LogP contribution in [0.3, 0.4) is 0 Å². The standard InChI is InChI=1S/C36H29N5O2S/c1-25(2)26-17-19-27(20-18-26)34-32-15-9-10-16-33(32)36(39(37-34)29-11-5-3-6-12-29)40(30-13-7-4-8-14-30)38-35(44-36)28-21-23-31(24-22-28)41(42)43/h3-25H,1-2H3/t36-/m0/s1. The largest absolute Gasteiger partial charge is 0.269 e. The summed E-state index contributed by atoms with van der Waals surface area (Å²) in [4.78, 5) is 10.1. The Bertz CT molecular complexity index is 1890. The molecule has 0 N–H and O–H groups in total. The Labute approximate surface area is 260 Å². The lowest BCUT2D eigenvalue weighted by Gasteiger charge is -2.47. The Hall–Kier alpha value is -5.21. The number of non-ortho nitro benzene ring substituents is 1. The molecule has 1 spiro atoms. The predicted molar refractivity (Wildman–Crippen MR) is 179 cm³/mol. The van der Waals surface area contributed by atoms with Crippen molar-refractivity contribution in [2.45, 2.75) is 24.8 Å². The van der Waals surface area contributed by atoms with E-state index in [0.717, 1.165) is 44.4 Å². The van der Waals surface area contributed by atoms with Crippen molar-refractivity contribution in [1.82, 2.24) is 0 Å². The van der Waals surface area contributed by atoms with Gasteiger partial charge in [0, 0.05) is 34.4 Å². The maximum Gasteiger partial charge on any atom is 0.269 e. The van der Waals surface area contributed by atoms with Gasteiger partial charge in [0.25, 0.3) is 5.69 Å². The van der Waals surface area contributed by atoms with Gasteiger partial charge >= 0.3 is 0 Å². The number of rotatable bonds is 6. The molecule has 216 valence electrons. The lowest BCUT2D eigenvalue weighted by molar-refractivity contribution is -0.384. The van der Waals surface area contributed by atoms with Crippen molar-refractivity contribution in [2.24, 2.45) is 10.2 Å². The van der Waals surface area contributed by atoms with Gasteiger partial charge in [0.2, 0.25) is 4.99 Å². The van der Waals surface area contributed by atoms with Gasteiger partial charge < -0.3 is 0 Å². The van der Waals surface area contributed by atoms with Crippen LogP contribution in [-0.2, 0) is 4.99 Å². The molecule has 44 heavy (non-hydrogen) atoms. The summed E-state index contributed by atoms with van der Waals surface area (Å²) >= 11 is 1.58. The van der Waals surface area contributed by atoms with E-state index in [2.05, 4.69) is 73.5 Å². The fraction of sp³-hybridized carbons (Fsp3) is 0.111. The molecule has 0 bridgehead atoms. The number of nitro groups is 1. The maximum atomic E-state index is 11.4. The van der Waals surface area contributed by atoms with Gasteiger partial charge in [-0.1, -0.05) is 98.8 Å². The fourth-order valence-electron chi connectivity index (χ4n) is 5.65. The number of thioether (sulfide) groups is 1. The zero-order valence-corrected chi connectivity index (χ0v) is 25.1. The van der Waals surface area contributed by atoms with Crippen LogP contribution in [0, 0.1) is 10.1 Å². The number of nitrogens with zero attached hydrogens (tertiary/aromatic N) is 5. The van der Waals surface area contributed by atoms with Crippen molar-refractivity contribution < 1.29 is 4.92 Å². The van der Waals surface area contributed by atoms with Crippen LogP contribution in [0.5, 0.6) is 0 Å². The topological polar surface area (TPSA) is 74.3 Å². The van der Waals surface area contributed by atoms with Gasteiger partial charge in [-0.3, -0.25) is 10.1 Å². The first-order valence-electron chi connectivity index (χ1n) is 14.5. The molecule has 5 aromatic carbocycles. The molecule has 2 heterocycles. The van der Waals surface area contributed by atoms with E-state index in [4.69, 9.17) is 10.2 Å². The molecule has 2 aliphatic rings. The summed E-state index contributed by atoms with van der Waals surface area (Å²) < 4.78 is 0. The Morgan fingerprint density at radius 1 is 0.682 bits per heavy atom. The van der Waals surface area contributed by atoms with Crippen molar-refractivity contribution in [1.29, 1.82) is 0 Å². The number of fused-ring (bicyclic) bond motifs is 2. The van der Waals surface area contributed by atoms with Crippen molar-refractivity contribution in [3.05, 3.63) is 171 Å². The number of anilines is 2. The second-order valence-electron chi connectivity index (χ2n) is 11.0. The van der Waals surface area contributed by atoms with Gasteiger partial charge in [-0.2, -0.15) is 10.2 Å². The molecule has 0 saturated heterocycles. The Kier molecular flexibility index (Phi) is 6.98. The Morgan fingerprint density at radius 2 is 1.23 bits per heavy atom. The smallest absolute Gasteiger partial charge is 0.258 e. The minimum Gasteiger partial charge on any atom is -0.258 e. The minimum absolute atomic E-state index is 0.0404. The number of hydrazone groups is 2. The average Bonchev–Trinajstić information content (AvgIpc) is 3.47. The molecule has 0 fully saturated rings. The first-order valence-corrected chi connectivity index (χ1v) is 15.3. The summed E-state index contributed by atoms with van der Waals surface area (Å²) in [5.41, 5.74) is 7.88. The molecule has 2 aliphatic heterocycles. The quantitative estimate of drug-likeness (QED) is 0.145. The monoisotopic (exact) mass is 595 g/mol. The first kappa shape index (κ1) is 27.6. The lowest BCUT2D eigenvalue weighted by Crippen LogP contribution is -2.54. The van der Waals surface area contributed by atoms with Gasteiger partial charge in [0.05, 0.1) is 22.0 Å². The molecule has 8 heteroatoms. The molecule has 0 amide bonds. The molecular weight excluding hydrogens is 566 g/mol. The summed E-state index contributed by atoms with van der Waals surface area (Å²) in [5.74, 6) is 0.429. The van der Waals surface area contributed by atoms with Crippen molar-refractivity contribution in [3.8, 4) is 0 Å². The van der Waals surface area contributed by atoms with Crippen LogP contribution in [0.25, 0.3) is 0 Å². The number of nitro benzene ring substituents is 1. The van der Waals surface area contributed by atoms with Crippen LogP contribution in [0.4, 0.5) is 17.1 Å². The van der Waals surface area contributed by atoms with E-state index in [-0.39, 0.29) is 10.6 Å². The minimum atomic E-state index is -0.933. The summed E-state index contributed by atoms with van der Waals surface area (Å²) in [6.07, 6.45) is 0. The van der Waals surface area contributed by atoms with E-state index in [0.29, 0.717) is 5.92 Å².